The number of nitrogens with one attached hydrogen (secondary N) is 1. The molecule has 0 aliphatic carbocycles. The maximum atomic E-state index is 5.10. The summed E-state index contributed by atoms with van der Waals surface area (Å²) < 4.78 is 5.10. The van der Waals surface area contributed by atoms with Crippen LogP contribution in [0.25, 0.3) is 0 Å². The van der Waals surface area contributed by atoms with Crippen LogP contribution in [-0.2, 0) is 0 Å². The van der Waals surface area contributed by atoms with Gasteiger partial charge in [0.05, 0.1) is 7.11 Å². The van der Waals surface area contributed by atoms with Gasteiger partial charge in [0, 0.05) is 11.7 Å². The fraction of sp³-hybridized carbons (Fsp3) is 0.385. The molecule has 0 amide bonds. The first-order chi connectivity index (χ1) is 7.30. The molecule has 0 aliphatic heterocycles. The van der Waals surface area contributed by atoms with E-state index in [9.17, 15) is 0 Å². The lowest BCUT2D eigenvalue weighted by atomic mass is 10.1. The lowest BCUT2D eigenvalue weighted by Gasteiger charge is -2.15. The van der Waals surface area contributed by atoms with Gasteiger partial charge in [0.2, 0.25) is 0 Å². The van der Waals surface area contributed by atoms with E-state index < -0.39 is 0 Å². The van der Waals surface area contributed by atoms with Crippen molar-refractivity contribution in [2.24, 2.45) is 0 Å². The minimum Gasteiger partial charge on any atom is -0.497 e. The predicted molar refractivity (Wildman–Crippen MR) is 65.5 cm³/mol. The van der Waals surface area contributed by atoms with Gasteiger partial charge in [-0.15, -0.1) is 6.58 Å². The van der Waals surface area contributed by atoms with Gasteiger partial charge in [-0.05, 0) is 30.7 Å². The van der Waals surface area contributed by atoms with Crippen LogP contribution in [0, 0.1) is 0 Å². The second kappa shape index (κ2) is 6.12. The van der Waals surface area contributed by atoms with Crippen LogP contribution in [0.3, 0.4) is 0 Å². The Morgan fingerprint density at radius 3 is 2.53 bits per heavy atom. The van der Waals surface area contributed by atoms with Crippen LogP contribution in [0.5, 0.6) is 5.75 Å². The van der Waals surface area contributed by atoms with Gasteiger partial charge in [0.25, 0.3) is 0 Å². The molecule has 0 saturated heterocycles. The van der Waals surface area contributed by atoms with Crippen molar-refractivity contribution in [1.29, 1.82) is 0 Å². The van der Waals surface area contributed by atoms with Crippen LogP contribution < -0.4 is 10.1 Å². The molecule has 0 bridgehead atoms. The Morgan fingerprint density at radius 1 is 1.40 bits per heavy atom. The zero-order chi connectivity index (χ0) is 11.1. The zero-order valence-corrected chi connectivity index (χ0v) is 9.49. The Hall–Kier alpha value is -1.44. The summed E-state index contributed by atoms with van der Waals surface area (Å²) in [4.78, 5) is 0. The van der Waals surface area contributed by atoms with Crippen LogP contribution in [0.2, 0.25) is 0 Å². The highest BCUT2D eigenvalue weighted by atomic mass is 16.5. The normalized spacial score (nSPS) is 11.9. The molecule has 0 aliphatic rings. The number of anilines is 1. The highest BCUT2D eigenvalue weighted by Gasteiger charge is 2.02. The largest absolute Gasteiger partial charge is 0.497 e. The standard InChI is InChI=1S/C13H19NO/c1-4-6-11(5-2)14-12-7-9-13(15-3)10-8-12/h5,7-11,14H,2,4,6H2,1,3H3/t11-/m1/s1. The minimum atomic E-state index is 0.350. The molecule has 0 spiro atoms. The Morgan fingerprint density at radius 2 is 2.07 bits per heavy atom. The fourth-order valence-electron chi connectivity index (χ4n) is 1.46. The maximum absolute atomic E-state index is 5.10. The molecule has 0 saturated carbocycles. The molecule has 0 radical (unpaired) electrons. The van der Waals surface area contributed by atoms with Crippen LogP contribution in [0.4, 0.5) is 5.69 Å². The van der Waals surface area contributed by atoms with E-state index in [0.717, 1.165) is 24.3 Å². The van der Waals surface area contributed by atoms with Gasteiger partial charge < -0.3 is 10.1 Å². The van der Waals surface area contributed by atoms with Gasteiger partial charge >= 0.3 is 0 Å². The Kier molecular flexibility index (Phi) is 4.75. The summed E-state index contributed by atoms with van der Waals surface area (Å²) >= 11 is 0. The molecule has 2 nitrogen and oxygen atoms in total. The number of ether oxygens (including phenoxy) is 1. The molecular weight excluding hydrogens is 186 g/mol. The smallest absolute Gasteiger partial charge is 0.119 e. The molecule has 1 N–H and O–H groups in total. The lowest BCUT2D eigenvalue weighted by Crippen LogP contribution is -2.15. The molecule has 1 aromatic rings. The Bertz CT molecular complexity index is 292. The number of methoxy groups -OCH3 is 1. The van der Waals surface area contributed by atoms with Crippen molar-refractivity contribution in [2.75, 3.05) is 12.4 Å². The molecule has 1 rings (SSSR count). The highest BCUT2D eigenvalue weighted by Crippen LogP contribution is 2.16. The summed E-state index contributed by atoms with van der Waals surface area (Å²) in [6.45, 7) is 6.00. The third-order valence-corrected chi connectivity index (χ3v) is 2.33. The topological polar surface area (TPSA) is 21.3 Å². The van der Waals surface area contributed by atoms with Crippen LogP contribution in [0.1, 0.15) is 19.8 Å². The van der Waals surface area contributed by atoms with Gasteiger partial charge in [0.1, 0.15) is 5.75 Å². The van der Waals surface area contributed by atoms with E-state index in [-0.39, 0.29) is 0 Å². The summed E-state index contributed by atoms with van der Waals surface area (Å²) in [7, 11) is 1.67. The van der Waals surface area contributed by atoms with Crippen molar-refractivity contribution in [1.82, 2.24) is 0 Å². The number of benzene rings is 1. The fourth-order valence-corrected chi connectivity index (χ4v) is 1.46. The van der Waals surface area contributed by atoms with Crippen LogP contribution in [-0.4, -0.2) is 13.2 Å². The molecule has 2 heteroatoms. The van der Waals surface area contributed by atoms with Crippen molar-refractivity contribution in [3.63, 3.8) is 0 Å². The van der Waals surface area contributed by atoms with Gasteiger partial charge in [-0.1, -0.05) is 19.4 Å². The van der Waals surface area contributed by atoms with E-state index in [2.05, 4.69) is 18.8 Å². The first-order valence-electron chi connectivity index (χ1n) is 5.33. The second-order valence-corrected chi connectivity index (χ2v) is 3.50. The molecule has 0 fully saturated rings. The van der Waals surface area contributed by atoms with Gasteiger partial charge in [-0.3, -0.25) is 0 Å². The van der Waals surface area contributed by atoms with E-state index in [4.69, 9.17) is 4.74 Å². The summed E-state index contributed by atoms with van der Waals surface area (Å²) in [5, 5.41) is 3.41. The molecule has 1 atom stereocenters. The van der Waals surface area contributed by atoms with Crippen molar-refractivity contribution < 1.29 is 4.74 Å². The molecule has 15 heavy (non-hydrogen) atoms. The van der Waals surface area contributed by atoms with Crippen molar-refractivity contribution in [3.8, 4) is 5.75 Å². The molecule has 1 aromatic carbocycles. The van der Waals surface area contributed by atoms with Crippen LogP contribution >= 0.6 is 0 Å². The minimum absolute atomic E-state index is 0.350. The summed E-state index contributed by atoms with van der Waals surface area (Å²) in [6.07, 6.45) is 4.21. The SMILES string of the molecule is C=C[C@H](CCC)Nc1ccc(OC)cc1. The maximum Gasteiger partial charge on any atom is 0.119 e. The Labute approximate surface area is 92.0 Å². The number of rotatable bonds is 6. The van der Waals surface area contributed by atoms with Gasteiger partial charge in [-0.25, -0.2) is 0 Å². The third kappa shape index (κ3) is 3.66. The number of hydrogen-bond donors (Lipinski definition) is 1. The second-order valence-electron chi connectivity index (χ2n) is 3.50. The average Bonchev–Trinajstić information content (AvgIpc) is 2.29. The van der Waals surface area contributed by atoms with E-state index in [1.807, 2.05) is 30.3 Å². The first kappa shape index (κ1) is 11.6. The highest BCUT2D eigenvalue weighted by molar-refractivity contribution is 5.47. The van der Waals surface area contributed by atoms with Crippen molar-refractivity contribution in [2.45, 2.75) is 25.8 Å². The summed E-state index contributed by atoms with van der Waals surface area (Å²) in [5.74, 6) is 0.881. The van der Waals surface area contributed by atoms with Crippen molar-refractivity contribution in [3.05, 3.63) is 36.9 Å². The van der Waals surface area contributed by atoms with E-state index in [0.29, 0.717) is 6.04 Å². The van der Waals surface area contributed by atoms with E-state index in [1.54, 1.807) is 7.11 Å². The van der Waals surface area contributed by atoms with E-state index >= 15 is 0 Å². The molecule has 82 valence electrons. The molecule has 0 unspecified atom stereocenters. The first-order valence-corrected chi connectivity index (χ1v) is 5.33. The molecule has 0 heterocycles. The van der Waals surface area contributed by atoms with Gasteiger partial charge in [-0.2, -0.15) is 0 Å². The zero-order valence-electron chi connectivity index (χ0n) is 9.49. The quantitative estimate of drug-likeness (QED) is 0.718. The Balaban J connectivity index is 2.58. The number of hydrogen-bond acceptors (Lipinski definition) is 2. The molecule has 0 aromatic heterocycles. The van der Waals surface area contributed by atoms with Crippen molar-refractivity contribution >= 4 is 5.69 Å². The average molecular weight is 205 g/mol. The summed E-state index contributed by atoms with van der Waals surface area (Å²) in [5.41, 5.74) is 1.11. The van der Waals surface area contributed by atoms with Crippen LogP contribution in [0.15, 0.2) is 36.9 Å². The van der Waals surface area contributed by atoms with E-state index in [1.165, 1.54) is 0 Å². The molecular formula is C13H19NO. The lowest BCUT2D eigenvalue weighted by molar-refractivity contribution is 0.415. The predicted octanol–water partition coefficient (Wildman–Crippen LogP) is 3.46. The summed E-state index contributed by atoms with van der Waals surface area (Å²) in [6, 6.07) is 8.29. The monoisotopic (exact) mass is 205 g/mol. The van der Waals surface area contributed by atoms with Gasteiger partial charge in [0.15, 0.2) is 0 Å². The third-order valence-electron chi connectivity index (χ3n) is 2.33.